The Morgan fingerprint density at radius 3 is 2.74 bits per heavy atom. The van der Waals surface area contributed by atoms with Crippen LogP contribution in [0.1, 0.15) is 49.9 Å². The molecule has 1 fully saturated rings. The highest BCUT2D eigenvalue weighted by molar-refractivity contribution is 7.22. The number of rotatable bonds is 8. The third kappa shape index (κ3) is 5.09. The van der Waals surface area contributed by atoms with Crippen LogP contribution in [0.2, 0.25) is 0 Å². The van der Waals surface area contributed by atoms with Crippen LogP contribution in [-0.2, 0) is 16.0 Å². The zero-order valence-electron chi connectivity index (χ0n) is 23.9. The molecule has 0 bridgehead atoms. The van der Waals surface area contributed by atoms with Gasteiger partial charge in [0.15, 0.2) is 5.13 Å². The van der Waals surface area contributed by atoms with Crippen molar-refractivity contribution in [3.63, 3.8) is 0 Å². The second-order valence-corrected chi connectivity index (χ2v) is 12.1. The lowest BCUT2D eigenvalue weighted by Crippen LogP contribution is -2.29. The van der Waals surface area contributed by atoms with Crippen LogP contribution in [0.3, 0.4) is 0 Å². The van der Waals surface area contributed by atoms with Gasteiger partial charge in [0.1, 0.15) is 29.1 Å². The van der Waals surface area contributed by atoms with E-state index in [0.29, 0.717) is 52.2 Å². The van der Waals surface area contributed by atoms with Gasteiger partial charge in [-0.05, 0) is 78.9 Å². The first-order chi connectivity index (χ1) is 20.2. The number of nitrogens with zero attached hydrogens (tertiary/aromatic N) is 2. The lowest BCUT2D eigenvalue weighted by Gasteiger charge is -2.23. The Labute approximate surface area is 248 Å². The fraction of sp³-hybridized carbons (Fsp3) is 0.303. The van der Waals surface area contributed by atoms with Crippen molar-refractivity contribution >= 4 is 44.1 Å². The first-order valence-electron chi connectivity index (χ1n) is 14.0. The number of thiazole rings is 1. The summed E-state index contributed by atoms with van der Waals surface area (Å²) >= 11 is 1.29. The number of ether oxygens (including phenoxy) is 3. The summed E-state index contributed by atoms with van der Waals surface area (Å²) in [5, 5.41) is 12.0. The Kier molecular flexibility index (Phi) is 7.36. The number of carbonyl (C=O) groups is 2. The van der Waals surface area contributed by atoms with Gasteiger partial charge in [-0.1, -0.05) is 37.3 Å². The topological polar surface area (TPSA) is 98.2 Å². The van der Waals surface area contributed by atoms with Gasteiger partial charge in [0.2, 0.25) is 0 Å². The second-order valence-electron chi connectivity index (χ2n) is 11.1. The first kappa shape index (κ1) is 27.8. The number of hydrogen-bond acceptors (Lipinski definition) is 8. The molecule has 3 aromatic carbocycles. The predicted octanol–water partition coefficient (Wildman–Crippen LogP) is 6.68. The van der Waals surface area contributed by atoms with E-state index < -0.39 is 17.7 Å². The van der Waals surface area contributed by atoms with Gasteiger partial charge >= 0.3 is 5.91 Å². The van der Waals surface area contributed by atoms with Gasteiger partial charge in [0.25, 0.3) is 5.78 Å². The summed E-state index contributed by atoms with van der Waals surface area (Å²) in [4.78, 5) is 33.5. The molecule has 0 saturated carbocycles. The molecule has 2 atom stereocenters. The lowest BCUT2D eigenvalue weighted by atomic mass is 9.94. The fourth-order valence-corrected chi connectivity index (χ4v) is 6.40. The molecule has 0 spiro atoms. The van der Waals surface area contributed by atoms with Gasteiger partial charge in [-0.3, -0.25) is 14.5 Å². The normalized spacial score (nSPS) is 19.4. The van der Waals surface area contributed by atoms with E-state index in [1.165, 1.54) is 16.2 Å². The average Bonchev–Trinajstić information content (AvgIpc) is 3.64. The molecule has 216 valence electrons. The molecular weight excluding hydrogens is 552 g/mol. The van der Waals surface area contributed by atoms with E-state index in [4.69, 9.17) is 19.2 Å². The van der Waals surface area contributed by atoms with E-state index in [-0.39, 0.29) is 17.4 Å². The molecule has 2 aliphatic rings. The number of methoxy groups -OCH3 is 1. The standard InChI is InChI=1S/C33H32N2O6S/c1-18(2)12-13-40-24-7-5-6-20(16-24)29-28(30(36)21-8-11-26-22(15-21)14-19(3)41-26)31(37)32(38)35(29)33-34-25-10-9-23(39-4)17-27(25)42-33/h5-11,15-19,29,36H,12-14H2,1-4H3/t19-,29-/m0/s1. The minimum Gasteiger partial charge on any atom is -0.507 e. The number of anilines is 1. The monoisotopic (exact) mass is 584 g/mol. The van der Waals surface area contributed by atoms with Crippen LogP contribution in [-0.4, -0.2) is 41.6 Å². The third-order valence-electron chi connectivity index (χ3n) is 7.54. The van der Waals surface area contributed by atoms with Crippen molar-refractivity contribution in [2.45, 2.75) is 45.8 Å². The van der Waals surface area contributed by atoms with E-state index in [0.717, 1.165) is 22.4 Å². The number of carbonyl (C=O) groups excluding carboxylic acids is 2. The fourth-order valence-electron chi connectivity index (χ4n) is 5.38. The molecule has 8 nitrogen and oxygen atoms in total. The van der Waals surface area contributed by atoms with Gasteiger partial charge in [-0.2, -0.15) is 0 Å². The third-order valence-corrected chi connectivity index (χ3v) is 8.56. The quantitative estimate of drug-likeness (QED) is 0.140. The Morgan fingerprint density at radius 2 is 1.95 bits per heavy atom. The van der Waals surface area contributed by atoms with E-state index >= 15 is 0 Å². The van der Waals surface area contributed by atoms with Crippen LogP contribution in [0.15, 0.2) is 66.2 Å². The second kappa shape index (κ2) is 11.1. The highest BCUT2D eigenvalue weighted by Crippen LogP contribution is 2.45. The zero-order valence-corrected chi connectivity index (χ0v) is 24.7. The van der Waals surface area contributed by atoms with E-state index in [2.05, 4.69) is 13.8 Å². The molecule has 3 heterocycles. The van der Waals surface area contributed by atoms with Crippen LogP contribution in [0.5, 0.6) is 17.2 Å². The zero-order chi connectivity index (χ0) is 29.5. The summed E-state index contributed by atoms with van der Waals surface area (Å²) in [7, 11) is 1.59. The molecule has 4 aromatic rings. The summed E-state index contributed by atoms with van der Waals surface area (Å²) in [6, 6.07) is 17.2. The first-order valence-corrected chi connectivity index (χ1v) is 14.8. The Balaban J connectivity index is 1.48. The summed E-state index contributed by atoms with van der Waals surface area (Å²) in [5.41, 5.74) is 2.71. The molecule has 1 N–H and O–H groups in total. The smallest absolute Gasteiger partial charge is 0.301 e. The number of Topliss-reactive ketones (excluding diaryl/α,β-unsaturated/α-hetero) is 1. The number of aliphatic hydroxyl groups excluding tert-OH is 1. The van der Waals surface area contributed by atoms with Gasteiger partial charge in [0.05, 0.1) is 35.5 Å². The van der Waals surface area contributed by atoms with Crippen molar-refractivity contribution in [1.82, 2.24) is 4.98 Å². The van der Waals surface area contributed by atoms with Gasteiger partial charge in [-0.15, -0.1) is 0 Å². The number of aliphatic hydroxyl groups is 1. The number of benzene rings is 3. The molecule has 1 aromatic heterocycles. The highest BCUT2D eigenvalue weighted by Gasteiger charge is 2.48. The molecule has 0 radical (unpaired) electrons. The number of aromatic nitrogens is 1. The molecule has 1 amide bonds. The summed E-state index contributed by atoms with van der Waals surface area (Å²) in [6.07, 6.45) is 1.61. The predicted molar refractivity (Wildman–Crippen MR) is 163 cm³/mol. The van der Waals surface area contributed by atoms with E-state index in [1.54, 1.807) is 25.3 Å². The maximum absolute atomic E-state index is 13.7. The van der Waals surface area contributed by atoms with Crippen molar-refractivity contribution in [2.75, 3.05) is 18.6 Å². The van der Waals surface area contributed by atoms with Crippen LogP contribution in [0.25, 0.3) is 16.0 Å². The minimum atomic E-state index is -0.912. The number of amides is 1. The summed E-state index contributed by atoms with van der Waals surface area (Å²) < 4.78 is 18.0. The van der Waals surface area contributed by atoms with Crippen LogP contribution < -0.4 is 19.1 Å². The SMILES string of the molecule is COc1ccc2nc(N3C(=O)C(=O)C(=C(O)c4ccc5c(c4)C[C@H](C)O5)[C@@H]3c3cccc(OCCC(C)C)c3)sc2c1. The number of fused-ring (bicyclic) bond motifs is 2. The largest absolute Gasteiger partial charge is 0.507 e. The van der Waals surface area contributed by atoms with E-state index in [1.807, 2.05) is 49.4 Å². The minimum absolute atomic E-state index is 0.00285. The van der Waals surface area contributed by atoms with Crippen molar-refractivity contribution in [3.05, 3.63) is 82.9 Å². The van der Waals surface area contributed by atoms with E-state index in [9.17, 15) is 14.7 Å². The number of hydrogen-bond donors (Lipinski definition) is 1. The molecular formula is C33H32N2O6S. The van der Waals surface area contributed by atoms with Crippen molar-refractivity contribution < 1.29 is 28.9 Å². The van der Waals surface area contributed by atoms with Crippen molar-refractivity contribution in [2.24, 2.45) is 5.92 Å². The lowest BCUT2D eigenvalue weighted by molar-refractivity contribution is -0.132. The maximum Gasteiger partial charge on any atom is 0.301 e. The highest BCUT2D eigenvalue weighted by atomic mass is 32.1. The maximum atomic E-state index is 13.7. The molecule has 6 rings (SSSR count). The molecule has 42 heavy (non-hydrogen) atoms. The van der Waals surface area contributed by atoms with Crippen LogP contribution >= 0.6 is 11.3 Å². The number of ketones is 1. The molecule has 9 heteroatoms. The Hall–Kier alpha value is -4.37. The molecule has 0 unspecified atom stereocenters. The average molecular weight is 585 g/mol. The van der Waals surface area contributed by atoms with Crippen LogP contribution in [0, 0.1) is 5.92 Å². The van der Waals surface area contributed by atoms with Crippen molar-refractivity contribution in [1.29, 1.82) is 0 Å². The Morgan fingerprint density at radius 1 is 1.12 bits per heavy atom. The Bertz CT molecular complexity index is 1720. The molecule has 2 aliphatic heterocycles. The summed E-state index contributed by atoms with van der Waals surface area (Å²) in [6.45, 7) is 6.78. The van der Waals surface area contributed by atoms with Gasteiger partial charge in [0, 0.05) is 12.0 Å². The molecule has 0 aliphatic carbocycles. The van der Waals surface area contributed by atoms with Gasteiger partial charge < -0.3 is 19.3 Å². The molecule has 1 saturated heterocycles. The van der Waals surface area contributed by atoms with Crippen molar-refractivity contribution in [3.8, 4) is 17.2 Å². The van der Waals surface area contributed by atoms with Crippen LogP contribution in [0.4, 0.5) is 5.13 Å². The summed E-state index contributed by atoms with van der Waals surface area (Å²) in [5.74, 6) is 0.763. The van der Waals surface area contributed by atoms with Gasteiger partial charge in [-0.25, -0.2) is 4.98 Å².